The van der Waals surface area contributed by atoms with Gasteiger partial charge in [-0.15, -0.1) is 0 Å². The minimum atomic E-state index is -0.766. The summed E-state index contributed by atoms with van der Waals surface area (Å²) in [6, 6.07) is 15.5. The second-order valence-corrected chi connectivity index (χ2v) is 8.14. The second kappa shape index (κ2) is 10.8. The van der Waals surface area contributed by atoms with E-state index in [2.05, 4.69) is 12.2 Å². The Bertz CT molecular complexity index is 899. The third-order valence-corrected chi connectivity index (χ3v) is 5.84. The minimum Gasteiger partial charge on any atom is -0.481 e. The summed E-state index contributed by atoms with van der Waals surface area (Å²) in [5.41, 5.74) is 3.57. The number of rotatable bonds is 8. The summed E-state index contributed by atoms with van der Waals surface area (Å²) in [6.07, 6.45) is 3.81. The van der Waals surface area contributed by atoms with Gasteiger partial charge in [0.25, 0.3) is 5.91 Å². The average molecular weight is 422 g/mol. The summed E-state index contributed by atoms with van der Waals surface area (Å²) in [4.78, 5) is 25.5. The molecule has 0 atom stereocenters. The van der Waals surface area contributed by atoms with Crippen molar-refractivity contribution in [2.24, 2.45) is 5.92 Å². The normalized spacial score (nSPS) is 14.3. The molecular weight excluding hydrogens is 390 g/mol. The fourth-order valence-corrected chi connectivity index (χ4v) is 3.90. The SMILES string of the molecule is CCCCNC(=N)c1ccc(-c2ccc(C(=O)N3CCC(CC(=O)O)CC3)cc2)cc1. The van der Waals surface area contributed by atoms with Gasteiger partial charge in [0.05, 0.1) is 0 Å². The molecule has 1 saturated heterocycles. The van der Waals surface area contributed by atoms with Crippen molar-refractivity contribution in [2.45, 2.75) is 39.0 Å². The summed E-state index contributed by atoms with van der Waals surface area (Å²) in [7, 11) is 0. The second-order valence-electron chi connectivity index (χ2n) is 8.14. The fourth-order valence-electron chi connectivity index (χ4n) is 3.90. The summed E-state index contributed by atoms with van der Waals surface area (Å²) in [5, 5.41) is 20.2. The van der Waals surface area contributed by atoms with Crippen molar-refractivity contribution in [1.82, 2.24) is 10.2 Å². The predicted octanol–water partition coefficient (Wildman–Crippen LogP) is 4.40. The van der Waals surface area contributed by atoms with Crippen LogP contribution in [0.4, 0.5) is 0 Å². The number of hydrogen-bond donors (Lipinski definition) is 3. The molecule has 0 aliphatic carbocycles. The van der Waals surface area contributed by atoms with Gasteiger partial charge in [-0.25, -0.2) is 0 Å². The number of piperidine rings is 1. The van der Waals surface area contributed by atoms with E-state index in [-0.39, 0.29) is 18.2 Å². The lowest BCUT2D eigenvalue weighted by atomic mass is 9.93. The van der Waals surface area contributed by atoms with Crippen LogP contribution in [-0.4, -0.2) is 47.4 Å². The lowest BCUT2D eigenvalue weighted by Gasteiger charge is -2.31. The van der Waals surface area contributed by atoms with Gasteiger partial charge < -0.3 is 15.3 Å². The molecule has 164 valence electrons. The van der Waals surface area contributed by atoms with Gasteiger partial charge in [0.1, 0.15) is 5.84 Å². The summed E-state index contributed by atoms with van der Waals surface area (Å²) >= 11 is 0. The Kier molecular flexibility index (Phi) is 7.82. The van der Waals surface area contributed by atoms with E-state index in [1.54, 1.807) is 0 Å². The van der Waals surface area contributed by atoms with Gasteiger partial charge >= 0.3 is 5.97 Å². The van der Waals surface area contributed by atoms with E-state index in [9.17, 15) is 9.59 Å². The first-order valence-corrected chi connectivity index (χ1v) is 11.0. The van der Waals surface area contributed by atoms with Crippen molar-refractivity contribution in [1.29, 1.82) is 5.41 Å². The first kappa shape index (κ1) is 22.5. The van der Waals surface area contributed by atoms with Crippen LogP contribution in [0.3, 0.4) is 0 Å². The van der Waals surface area contributed by atoms with Crippen molar-refractivity contribution >= 4 is 17.7 Å². The summed E-state index contributed by atoms with van der Waals surface area (Å²) < 4.78 is 0. The molecule has 1 fully saturated rings. The Morgan fingerprint density at radius 1 is 1.00 bits per heavy atom. The fraction of sp³-hybridized carbons (Fsp3) is 0.400. The quantitative estimate of drug-likeness (QED) is 0.335. The molecule has 2 aromatic rings. The van der Waals surface area contributed by atoms with Crippen LogP contribution < -0.4 is 5.32 Å². The van der Waals surface area contributed by atoms with Crippen molar-refractivity contribution in [3.8, 4) is 11.1 Å². The number of carboxylic acid groups (broad SMARTS) is 1. The topological polar surface area (TPSA) is 93.5 Å². The Balaban J connectivity index is 1.58. The molecule has 1 heterocycles. The van der Waals surface area contributed by atoms with Gasteiger partial charge in [0.15, 0.2) is 0 Å². The Morgan fingerprint density at radius 3 is 2.06 bits per heavy atom. The number of amides is 1. The number of nitrogens with zero attached hydrogens (tertiary/aromatic N) is 1. The van der Waals surface area contributed by atoms with E-state index in [0.717, 1.165) is 48.9 Å². The molecule has 0 saturated carbocycles. The van der Waals surface area contributed by atoms with Crippen LogP contribution in [0.15, 0.2) is 48.5 Å². The molecule has 0 radical (unpaired) electrons. The molecule has 0 spiro atoms. The van der Waals surface area contributed by atoms with Crippen LogP contribution in [0.5, 0.6) is 0 Å². The van der Waals surface area contributed by atoms with Gasteiger partial charge in [0.2, 0.25) is 0 Å². The van der Waals surface area contributed by atoms with Crippen molar-refractivity contribution < 1.29 is 14.7 Å². The van der Waals surface area contributed by atoms with Crippen LogP contribution in [0.1, 0.15) is 54.9 Å². The molecule has 3 rings (SSSR count). The zero-order valence-electron chi connectivity index (χ0n) is 18.1. The lowest BCUT2D eigenvalue weighted by Crippen LogP contribution is -2.38. The van der Waals surface area contributed by atoms with Gasteiger partial charge in [-0.05, 0) is 48.4 Å². The number of benzene rings is 2. The number of carbonyl (C=O) groups excluding carboxylic acids is 1. The highest BCUT2D eigenvalue weighted by Crippen LogP contribution is 2.24. The molecule has 6 heteroatoms. The Labute approximate surface area is 183 Å². The molecule has 1 aliphatic rings. The van der Waals surface area contributed by atoms with Crippen LogP contribution >= 0.6 is 0 Å². The molecule has 3 N–H and O–H groups in total. The van der Waals surface area contributed by atoms with Crippen LogP contribution in [0.25, 0.3) is 11.1 Å². The predicted molar refractivity (Wildman–Crippen MR) is 122 cm³/mol. The van der Waals surface area contributed by atoms with Crippen molar-refractivity contribution in [3.05, 3.63) is 59.7 Å². The van der Waals surface area contributed by atoms with Crippen LogP contribution in [0, 0.1) is 11.3 Å². The highest BCUT2D eigenvalue weighted by Gasteiger charge is 2.25. The van der Waals surface area contributed by atoms with E-state index < -0.39 is 5.97 Å². The number of aliphatic carboxylic acids is 1. The first-order valence-electron chi connectivity index (χ1n) is 11.0. The number of nitrogens with one attached hydrogen (secondary N) is 2. The summed E-state index contributed by atoms with van der Waals surface area (Å²) in [6.45, 7) is 4.16. The first-order chi connectivity index (χ1) is 15.0. The molecular formula is C25H31N3O3. The van der Waals surface area contributed by atoms with E-state index in [1.807, 2.05) is 53.4 Å². The summed E-state index contributed by atoms with van der Waals surface area (Å²) in [5.74, 6) is -0.163. The maximum absolute atomic E-state index is 12.8. The molecule has 0 bridgehead atoms. The van der Waals surface area contributed by atoms with Crippen LogP contribution in [-0.2, 0) is 4.79 Å². The number of amidine groups is 1. The zero-order chi connectivity index (χ0) is 22.2. The monoisotopic (exact) mass is 421 g/mol. The minimum absolute atomic E-state index is 0.00211. The molecule has 2 aromatic carbocycles. The van der Waals surface area contributed by atoms with Crippen LogP contribution in [0.2, 0.25) is 0 Å². The van der Waals surface area contributed by atoms with Gasteiger partial charge in [-0.2, -0.15) is 0 Å². The van der Waals surface area contributed by atoms with Gasteiger partial charge in [-0.1, -0.05) is 49.7 Å². The molecule has 1 amide bonds. The number of likely N-dealkylation sites (tertiary alicyclic amines) is 1. The van der Waals surface area contributed by atoms with Gasteiger partial charge in [0, 0.05) is 37.2 Å². The van der Waals surface area contributed by atoms with E-state index in [4.69, 9.17) is 10.5 Å². The highest BCUT2D eigenvalue weighted by molar-refractivity contribution is 5.97. The van der Waals surface area contributed by atoms with Gasteiger partial charge in [-0.3, -0.25) is 15.0 Å². The smallest absolute Gasteiger partial charge is 0.303 e. The third kappa shape index (κ3) is 6.17. The van der Waals surface area contributed by atoms with E-state index in [0.29, 0.717) is 24.5 Å². The molecule has 0 aromatic heterocycles. The molecule has 31 heavy (non-hydrogen) atoms. The van der Waals surface area contributed by atoms with Crippen molar-refractivity contribution in [3.63, 3.8) is 0 Å². The lowest BCUT2D eigenvalue weighted by molar-refractivity contribution is -0.138. The number of hydrogen-bond acceptors (Lipinski definition) is 3. The molecule has 1 aliphatic heterocycles. The largest absolute Gasteiger partial charge is 0.481 e. The Morgan fingerprint density at radius 2 is 1.55 bits per heavy atom. The van der Waals surface area contributed by atoms with E-state index >= 15 is 0 Å². The maximum atomic E-state index is 12.8. The molecule has 6 nitrogen and oxygen atoms in total. The van der Waals surface area contributed by atoms with E-state index in [1.165, 1.54) is 0 Å². The average Bonchev–Trinajstić information content (AvgIpc) is 2.79. The maximum Gasteiger partial charge on any atom is 0.303 e. The Hall–Kier alpha value is -3.15. The standard InChI is InChI=1S/C25H31N3O3/c1-2-3-14-27-24(26)21-8-4-19(5-9-21)20-6-10-22(11-7-20)25(31)28-15-12-18(13-16-28)17-23(29)30/h4-11,18H,2-3,12-17H2,1H3,(H2,26,27)(H,29,30). The highest BCUT2D eigenvalue weighted by atomic mass is 16.4. The number of unbranched alkanes of at least 4 members (excludes halogenated alkanes) is 1. The zero-order valence-corrected chi connectivity index (χ0v) is 18.1. The number of carbonyl (C=O) groups is 2. The van der Waals surface area contributed by atoms with Crippen molar-refractivity contribution in [2.75, 3.05) is 19.6 Å². The third-order valence-electron chi connectivity index (χ3n) is 5.84. The molecule has 0 unspecified atom stereocenters. The number of carboxylic acids is 1.